The second-order valence-corrected chi connectivity index (χ2v) is 5.94. The van der Waals surface area contributed by atoms with Gasteiger partial charge in [0.1, 0.15) is 0 Å². The van der Waals surface area contributed by atoms with Gasteiger partial charge in [-0.15, -0.1) is 0 Å². The normalized spacial score (nSPS) is 28.9. The molecule has 1 heterocycles. The largest absolute Gasteiger partial charge is 0.378 e. The van der Waals surface area contributed by atoms with Crippen molar-refractivity contribution >= 4 is 5.91 Å². The fraction of sp³-hybridized carbons (Fsp3) is 0.933. The van der Waals surface area contributed by atoms with E-state index in [0.29, 0.717) is 25.2 Å². The van der Waals surface area contributed by atoms with E-state index in [1.54, 1.807) is 0 Å². The van der Waals surface area contributed by atoms with Gasteiger partial charge in [-0.25, -0.2) is 0 Å². The molecule has 2 N–H and O–H groups in total. The first-order valence-corrected chi connectivity index (χ1v) is 8.01. The lowest BCUT2D eigenvalue weighted by atomic mass is 10.0. The van der Waals surface area contributed by atoms with Gasteiger partial charge in [0, 0.05) is 19.1 Å². The highest BCUT2D eigenvalue weighted by atomic mass is 16.5. The number of amides is 1. The third-order valence-electron chi connectivity index (χ3n) is 4.89. The monoisotopic (exact) mass is 283 g/mol. The van der Waals surface area contributed by atoms with Crippen molar-refractivity contribution in [2.75, 3.05) is 39.4 Å². The third-order valence-corrected chi connectivity index (χ3v) is 4.89. The maximum Gasteiger partial charge on any atom is 0.239 e. The molecule has 0 aromatic heterocycles. The Bertz CT molecular complexity index is 318. The Morgan fingerprint density at radius 2 is 2.10 bits per heavy atom. The van der Waals surface area contributed by atoms with Crippen LogP contribution in [0.4, 0.5) is 0 Å². The van der Waals surface area contributed by atoms with Crippen LogP contribution in [0.2, 0.25) is 0 Å². The first-order valence-electron chi connectivity index (χ1n) is 8.01. The smallest absolute Gasteiger partial charge is 0.239 e. The van der Waals surface area contributed by atoms with E-state index in [1.807, 2.05) is 11.8 Å². The molecule has 2 fully saturated rings. The molecular formula is C15H29N3O2. The van der Waals surface area contributed by atoms with Crippen LogP contribution >= 0.6 is 0 Å². The number of ether oxygens (including phenoxy) is 1. The van der Waals surface area contributed by atoms with Crippen molar-refractivity contribution in [2.45, 2.75) is 45.2 Å². The maximum atomic E-state index is 12.6. The van der Waals surface area contributed by atoms with Crippen LogP contribution in [0.25, 0.3) is 0 Å². The van der Waals surface area contributed by atoms with Gasteiger partial charge >= 0.3 is 0 Å². The zero-order valence-electron chi connectivity index (χ0n) is 12.9. The van der Waals surface area contributed by atoms with Gasteiger partial charge in [-0.05, 0) is 38.8 Å². The average Bonchev–Trinajstić information content (AvgIpc) is 2.96. The van der Waals surface area contributed by atoms with Gasteiger partial charge in [-0.3, -0.25) is 9.69 Å². The molecule has 0 spiro atoms. The minimum absolute atomic E-state index is 0.0461. The van der Waals surface area contributed by atoms with Crippen LogP contribution in [0.15, 0.2) is 0 Å². The molecule has 2 rings (SSSR count). The zero-order valence-corrected chi connectivity index (χ0v) is 12.9. The Labute approximate surface area is 122 Å². The van der Waals surface area contributed by atoms with Crippen LogP contribution in [0.3, 0.4) is 0 Å². The van der Waals surface area contributed by atoms with Crippen LogP contribution in [0, 0.1) is 5.92 Å². The van der Waals surface area contributed by atoms with Crippen LogP contribution in [0.1, 0.15) is 33.1 Å². The molecule has 5 heteroatoms. The number of hydrogen-bond donors (Lipinski definition) is 1. The molecule has 116 valence electrons. The molecule has 3 unspecified atom stereocenters. The number of hydrogen-bond acceptors (Lipinski definition) is 4. The molecule has 1 aliphatic carbocycles. The van der Waals surface area contributed by atoms with Crippen molar-refractivity contribution in [1.82, 2.24) is 9.80 Å². The lowest BCUT2D eigenvalue weighted by Crippen LogP contribution is -2.54. The van der Waals surface area contributed by atoms with E-state index >= 15 is 0 Å². The molecule has 20 heavy (non-hydrogen) atoms. The summed E-state index contributed by atoms with van der Waals surface area (Å²) in [6.45, 7) is 8.64. The van der Waals surface area contributed by atoms with Crippen LogP contribution in [-0.2, 0) is 9.53 Å². The fourth-order valence-electron chi connectivity index (χ4n) is 3.71. The molecule has 0 aromatic rings. The van der Waals surface area contributed by atoms with Crippen molar-refractivity contribution in [3.8, 4) is 0 Å². The lowest BCUT2D eigenvalue weighted by Gasteiger charge is -2.38. The Balaban J connectivity index is 2.00. The Hall–Kier alpha value is -0.650. The molecule has 1 aliphatic heterocycles. The quantitative estimate of drug-likeness (QED) is 0.806. The van der Waals surface area contributed by atoms with Crippen molar-refractivity contribution in [2.24, 2.45) is 11.7 Å². The molecule has 0 aromatic carbocycles. The first-order chi connectivity index (χ1) is 9.69. The van der Waals surface area contributed by atoms with Crippen molar-refractivity contribution in [1.29, 1.82) is 0 Å². The molecule has 2 aliphatic rings. The predicted octanol–water partition coefficient (Wildman–Crippen LogP) is 0.683. The SMILES string of the molecule is CCN(C(C)C(=O)N1CCOCC1)C1CCCC1CN. The van der Waals surface area contributed by atoms with Crippen LogP contribution < -0.4 is 5.73 Å². The van der Waals surface area contributed by atoms with E-state index < -0.39 is 0 Å². The lowest BCUT2D eigenvalue weighted by molar-refractivity contribution is -0.141. The van der Waals surface area contributed by atoms with Gasteiger partial charge in [-0.1, -0.05) is 13.3 Å². The summed E-state index contributed by atoms with van der Waals surface area (Å²) in [5.74, 6) is 0.799. The molecule has 1 saturated carbocycles. The number of rotatable bonds is 5. The van der Waals surface area contributed by atoms with Gasteiger partial charge in [0.25, 0.3) is 0 Å². The summed E-state index contributed by atoms with van der Waals surface area (Å²) in [6, 6.07) is 0.431. The fourth-order valence-corrected chi connectivity index (χ4v) is 3.71. The Morgan fingerprint density at radius 3 is 2.70 bits per heavy atom. The van der Waals surface area contributed by atoms with E-state index in [-0.39, 0.29) is 11.9 Å². The molecule has 1 amide bonds. The van der Waals surface area contributed by atoms with Crippen LogP contribution in [0.5, 0.6) is 0 Å². The van der Waals surface area contributed by atoms with Crippen molar-refractivity contribution < 1.29 is 9.53 Å². The number of carbonyl (C=O) groups is 1. The summed E-state index contributed by atoms with van der Waals surface area (Å²) in [7, 11) is 0. The second kappa shape index (κ2) is 7.38. The predicted molar refractivity (Wildman–Crippen MR) is 79.4 cm³/mol. The highest BCUT2D eigenvalue weighted by Crippen LogP contribution is 2.30. The highest BCUT2D eigenvalue weighted by Gasteiger charge is 2.36. The number of carbonyl (C=O) groups excluding carboxylic acids is 1. The summed E-state index contributed by atoms with van der Waals surface area (Å²) in [6.07, 6.45) is 3.62. The maximum absolute atomic E-state index is 12.6. The summed E-state index contributed by atoms with van der Waals surface area (Å²) in [5.41, 5.74) is 5.90. The molecule has 3 atom stereocenters. The van der Waals surface area contributed by atoms with E-state index in [0.717, 1.165) is 26.2 Å². The zero-order chi connectivity index (χ0) is 14.5. The van der Waals surface area contributed by atoms with E-state index in [4.69, 9.17) is 10.5 Å². The summed E-state index contributed by atoms with van der Waals surface area (Å²) in [4.78, 5) is 17.0. The van der Waals surface area contributed by atoms with Crippen molar-refractivity contribution in [3.05, 3.63) is 0 Å². The molecule has 5 nitrogen and oxygen atoms in total. The van der Waals surface area contributed by atoms with Gasteiger partial charge in [0.2, 0.25) is 5.91 Å². The van der Waals surface area contributed by atoms with E-state index in [1.165, 1.54) is 19.3 Å². The van der Waals surface area contributed by atoms with Crippen LogP contribution in [-0.4, -0.2) is 67.2 Å². The van der Waals surface area contributed by atoms with Gasteiger partial charge < -0.3 is 15.4 Å². The molecule has 1 saturated heterocycles. The minimum atomic E-state index is -0.0461. The number of morpholine rings is 1. The number of nitrogens with two attached hydrogens (primary N) is 1. The number of likely N-dealkylation sites (N-methyl/N-ethyl adjacent to an activating group) is 1. The van der Waals surface area contributed by atoms with E-state index in [2.05, 4.69) is 11.8 Å². The molecule has 0 radical (unpaired) electrons. The molecule has 0 bridgehead atoms. The Morgan fingerprint density at radius 1 is 1.40 bits per heavy atom. The number of nitrogens with zero attached hydrogens (tertiary/aromatic N) is 2. The van der Waals surface area contributed by atoms with Crippen molar-refractivity contribution in [3.63, 3.8) is 0 Å². The van der Waals surface area contributed by atoms with E-state index in [9.17, 15) is 4.79 Å². The average molecular weight is 283 g/mol. The highest BCUT2D eigenvalue weighted by molar-refractivity contribution is 5.81. The minimum Gasteiger partial charge on any atom is -0.378 e. The van der Waals surface area contributed by atoms with Gasteiger partial charge in [-0.2, -0.15) is 0 Å². The topological polar surface area (TPSA) is 58.8 Å². The summed E-state index contributed by atoms with van der Waals surface area (Å²) >= 11 is 0. The Kier molecular flexibility index (Phi) is 5.81. The second-order valence-electron chi connectivity index (χ2n) is 5.94. The third kappa shape index (κ3) is 3.32. The van der Waals surface area contributed by atoms with Gasteiger partial charge in [0.15, 0.2) is 0 Å². The summed E-state index contributed by atoms with van der Waals surface area (Å²) in [5, 5.41) is 0. The van der Waals surface area contributed by atoms with Gasteiger partial charge in [0.05, 0.1) is 19.3 Å². The first kappa shape index (κ1) is 15.7. The summed E-state index contributed by atoms with van der Waals surface area (Å²) < 4.78 is 5.33. The molecular weight excluding hydrogens is 254 g/mol. The standard InChI is InChI=1S/C15H29N3O2/c1-3-18(14-6-4-5-13(14)11-16)12(2)15(19)17-7-9-20-10-8-17/h12-14H,3-11,16H2,1-2H3.